The summed E-state index contributed by atoms with van der Waals surface area (Å²) < 4.78 is 31.7. The van der Waals surface area contributed by atoms with Crippen LogP contribution in [0.3, 0.4) is 0 Å². The Bertz CT molecular complexity index is 1170. The number of aryl methyl sites for hydroxylation is 1. The molecule has 3 aromatic rings. The van der Waals surface area contributed by atoms with Crippen molar-refractivity contribution < 1.29 is 17.9 Å². The molecule has 0 aliphatic carbocycles. The summed E-state index contributed by atoms with van der Waals surface area (Å²) in [5.74, 6) is 0.913. The van der Waals surface area contributed by atoms with Crippen LogP contribution < -0.4 is 10.1 Å². The standard InChI is InChI=1S/C20H20N4O4S/c1-29(26,27)14-7-8-17-15(13-14)20(25)23-18-6-4-5-16(22-18)19-21-9-11-24(19)10-2-3-12-28-17/h4-9,11,13H,2-3,10,12H2,1H3,(H,22,23,25). The van der Waals surface area contributed by atoms with E-state index in [0.717, 1.165) is 31.5 Å². The molecule has 4 rings (SSSR count). The molecule has 2 aromatic heterocycles. The number of carbonyl (C=O) groups is 1. The second kappa shape index (κ2) is 7.67. The number of anilines is 1. The zero-order valence-corrected chi connectivity index (χ0v) is 16.6. The van der Waals surface area contributed by atoms with Crippen LogP contribution >= 0.6 is 0 Å². The number of sulfone groups is 1. The van der Waals surface area contributed by atoms with E-state index in [4.69, 9.17) is 4.74 Å². The maximum Gasteiger partial charge on any atom is 0.260 e. The molecule has 1 N–H and O–H groups in total. The van der Waals surface area contributed by atoms with Crippen LogP contribution in [-0.4, -0.2) is 41.7 Å². The van der Waals surface area contributed by atoms with Crippen molar-refractivity contribution in [1.82, 2.24) is 14.5 Å². The molecule has 0 radical (unpaired) electrons. The predicted molar refractivity (Wildman–Crippen MR) is 108 cm³/mol. The number of benzene rings is 1. The molecule has 0 unspecified atom stereocenters. The van der Waals surface area contributed by atoms with Crippen molar-refractivity contribution in [1.29, 1.82) is 0 Å². The van der Waals surface area contributed by atoms with Crippen molar-refractivity contribution in [3.8, 4) is 17.3 Å². The first-order valence-electron chi connectivity index (χ1n) is 9.19. The van der Waals surface area contributed by atoms with Gasteiger partial charge >= 0.3 is 0 Å². The summed E-state index contributed by atoms with van der Waals surface area (Å²) in [5.41, 5.74) is 0.796. The van der Waals surface area contributed by atoms with E-state index in [1.807, 2.05) is 16.8 Å². The molecule has 9 heteroatoms. The van der Waals surface area contributed by atoms with Gasteiger partial charge in [0.15, 0.2) is 15.7 Å². The van der Waals surface area contributed by atoms with E-state index < -0.39 is 15.7 Å². The van der Waals surface area contributed by atoms with Crippen molar-refractivity contribution in [2.45, 2.75) is 24.3 Å². The number of rotatable bonds is 1. The highest BCUT2D eigenvalue weighted by Crippen LogP contribution is 2.25. The maximum atomic E-state index is 12.9. The minimum Gasteiger partial charge on any atom is -0.493 e. The Morgan fingerprint density at radius 1 is 1.17 bits per heavy atom. The quantitative estimate of drug-likeness (QED) is 0.659. The molecule has 1 amide bonds. The van der Waals surface area contributed by atoms with Gasteiger partial charge in [-0.1, -0.05) is 6.07 Å². The zero-order chi connectivity index (χ0) is 20.4. The van der Waals surface area contributed by atoms with Crippen LogP contribution in [-0.2, 0) is 16.4 Å². The topological polar surface area (TPSA) is 103 Å². The number of carbonyl (C=O) groups excluding carboxylic acids is 1. The molecule has 0 saturated carbocycles. The van der Waals surface area contributed by atoms with Crippen molar-refractivity contribution in [3.05, 3.63) is 54.4 Å². The van der Waals surface area contributed by atoms with Crippen LogP contribution in [0.2, 0.25) is 0 Å². The molecule has 3 heterocycles. The van der Waals surface area contributed by atoms with Crippen LogP contribution in [0.1, 0.15) is 23.2 Å². The molecule has 1 aliphatic rings. The molecule has 1 aromatic carbocycles. The Balaban J connectivity index is 1.76. The van der Waals surface area contributed by atoms with Crippen molar-refractivity contribution in [2.24, 2.45) is 0 Å². The van der Waals surface area contributed by atoms with Gasteiger partial charge in [-0.25, -0.2) is 18.4 Å². The molecule has 0 fully saturated rings. The number of pyridine rings is 1. The minimum atomic E-state index is -3.46. The summed E-state index contributed by atoms with van der Waals surface area (Å²) >= 11 is 0. The molecule has 2 bridgehead atoms. The monoisotopic (exact) mass is 412 g/mol. The molecule has 0 saturated heterocycles. The highest BCUT2D eigenvalue weighted by atomic mass is 32.2. The third kappa shape index (κ3) is 4.14. The number of hydrogen-bond donors (Lipinski definition) is 1. The summed E-state index contributed by atoms with van der Waals surface area (Å²) in [4.78, 5) is 21.8. The molecular weight excluding hydrogens is 392 g/mol. The highest BCUT2D eigenvalue weighted by molar-refractivity contribution is 7.90. The molecule has 0 spiro atoms. The van der Waals surface area contributed by atoms with Gasteiger partial charge in [0.2, 0.25) is 0 Å². The maximum absolute atomic E-state index is 12.9. The highest BCUT2D eigenvalue weighted by Gasteiger charge is 2.19. The Kier molecular flexibility index (Phi) is 5.06. The van der Waals surface area contributed by atoms with E-state index in [0.29, 0.717) is 23.9 Å². The van der Waals surface area contributed by atoms with Gasteiger partial charge in [0, 0.05) is 25.2 Å². The van der Waals surface area contributed by atoms with E-state index >= 15 is 0 Å². The third-order valence-corrected chi connectivity index (χ3v) is 5.72. The average Bonchev–Trinajstić information content (AvgIpc) is 3.15. The molecule has 8 nitrogen and oxygen atoms in total. The summed E-state index contributed by atoms with van der Waals surface area (Å²) in [7, 11) is -3.46. The van der Waals surface area contributed by atoms with E-state index in [1.54, 1.807) is 18.3 Å². The third-order valence-electron chi connectivity index (χ3n) is 4.61. The first-order valence-corrected chi connectivity index (χ1v) is 11.1. The lowest BCUT2D eigenvalue weighted by molar-refractivity contribution is 0.102. The van der Waals surface area contributed by atoms with Crippen LogP contribution in [0.5, 0.6) is 5.75 Å². The lowest BCUT2D eigenvalue weighted by Gasteiger charge is -2.15. The lowest BCUT2D eigenvalue weighted by atomic mass is 10.2. The van der Waals surface area contributed by atoms with Crippen LogP contribution in [0.4, 0.5) is 5.82 Å². The Morgan fingerprint density at radius 3 is 2.86 bits per heavy atom. The van der Waals surface area contributed by atoms with Gasteiger partial charge in [0.1, 0.15) is 17.3 Å². The lowest BCUT2D eigenvalue weighted by Crippen LogP contribution is -2.16. The predicted octanol–water partition coefficient (Wildman–Crippen LogP) is 2.77. The van der Waals surface area contributed by atoms with Crippen molar-refractivity contribution in [3.63, 3.8) is 0 Å². The van der Waals surface area contributed by atoms with Crippen molar-refractivity contribution >= 4 is 21.6 Å². The summed E-state index contributed by atoms with van der Waals surface area (Å²) in [6, 6.07) is 9.59. The number of fused-ring (bicyclic) bond motifs is 5. The second-order valence-electron chi connectivity index (χ2n) is 6.79. The summed E-state index contributed by atoms with van der Waals surface area (Å²) in [5, 5.41) is 2.73. The number of amides is 1. The number of nitrogens with one attached hydrogen (secondary N) is 1. The van der Waals surface area contributed by atoms with E-state index in [1.165, 1.54) is 18.2 Å². The molecule has 150 valence electrons. The first-order chi connectivity index (χ1) is 13.9. The molecule has 1 aliphatic heterocycles. The average molecular weight is 412 g/mol. The smallest absolute Gasteiger partial charge is 0.260 e. The molecular formula is C20H20N4O4S. The number of imidazole rings is 1. The number of hydrogen-bond acceptors (Lipinski definition) is 6. The van der Waals surface area contributed by atoms with E-state index in [9.17, 15) is 13.2 Å². The van der Waals surface area contributed by atoms with Crippen LogP contribution in [0, 0.1) is 0 Å². The van der Waals surface area contributed by atoms with Gasteiger partial charge in [-0.2, -0.15) is 0 Å². The van der Waals surface area contributed by atoms with Crippen LogP contribution in [0.25, 0.3) is 11.5 Å². The number of nitrogens with zero attached hydrogens (tertiary/aromatic N) is 3. The fraction of sp³-hybridized carbons (Fsp3) is 0.250. The zero-order valence-electron chi connectivity index (χ0n) is 15.8. The second-order valence-corrected chi connectivity index (χ2v) is 8.81. The van der Waals surface area contributed by atoms with Gasteiger partial charge in [0.05, 0.1) is 17.1 Å². The normalized spacial score (nSPS) is 14.7. The van der Waals surface area contributed by atoms with Gasteiger partial charge in [-0.15, -0.1) is 0 Å². The number of ether oxygens (including phenoxy) is 1. The summed E-state index contributed by atoms with van der Waals surface area (Å²) in [6.07, 6.45) is 6.34. The fourth-order valence-corrected chi connectivity index (χ4v) is 3.79. The summed E-state index contributed by atoms with van der Waals surface area (Å²) in [6.45, 7) is 1.17. The molecule has 0 atom stereocenters. The largest absolute Gasteiger partial charge is 0.493 e. The van der Waals surface area contributed by atoms with Crippen molar-refractivity contribution in [2.75, 3.05) is 18.2 Å². The van der Waals surface area contributed by atoms with Gasteiger partial charge in [0.25, 0.3) is 5.91 Å². The Hall–Kier alpha value is -3.20. The van der Waals surface area contributed by atoms with Gasteiger partial charge in [-0.3, -0.25) is 4.79 Å². The van der Waals surface area contributed by atoms with Gasteiger partial charge in [-0.05, 0) is 43.2 Å². The van der Waals surface area contributed by atoms with Crippen LogP contribution in [0.15, 0.2) is 53.7 Å². The van der Waals surface area contributed by atoms with E-state index in [-0.39, 0.29) is 10.5 Å². The first kappa shape index (κ1) is 19.1. The molecule has 29 heavy (non-hydrogen) atoms. The Labute approximate surface area is 168 Å². The Morgan fingerprint density at radius 2 is 2.03 bits per heavy atom. The minimum absolute atomic E-state index is 0.0554. The van der Waals surface area contributed by atoms with E-state index in [2.05, 4.69) is 15.3 Å². The number of aromatic nitrogens is 3. The SMILES string of the molecule is CS(=O)(=O)c1ccc2c(c1)C(=O)Nc1cccc(n1)-c1nccn1CCCCO2. The van der Waals surface area contributed by atoms with Gasteiger partial charge < -0.3 is 14.6 Å². The fourth-order valence-electron chi connectivity index (χ4n) is 3.14.